The molecule has 0 saturated heterocycles. The molecule has 0 aromatic heterocycles. The van der Waals surface area contributed by atoms with Crippen molar-refractivity contribution in [3.63, 3.8) is 0 Å². The van der Waals surface area contributed by atoms with E-state index in [1.165, 1.54) is 6.07 Å². The Morgan fingerprint density at radius 1 is 1.19 bits per heavy atom. The first-order valence-corrected chi connectivity index (χ1v) is 5.55. The molecule has 0 radical (unpaired) electrons. The summed E-state index contributed by atoms with van der Waals surface area (Å²) in [4.78, 5) is 0. The van der Waals surface area contributed by atoms with E-state index >= 15 is 0 Å². The predicted octanol–water partition coefficient (Wildman–Crippen LogP) is 3.25. The molecule has 16 heavy (non-hydrogen) atoms. The van der Waals surface area contributed by atoms with E-state index in [0.29, 0.717) is 5.56 Å². The van der Waals surface area contributed by atoms with Crippen molar-refractivity contribution in [2.75, 3.05) is 0 Å². The molecule has 2 rings (SSSR count). The van der Waals surface area contributed by atoms with Gasteiger partial charge in [0.2, 0.25) is 0 Å². The first kappa shape index (κ1) is 11.3. The van der Waals surface area contributed by atoms with Crippen molar-refractivity contribution in [3.05, 3.63) is 41.0 Å². The number of hydrogen-bond acceptors (Lipinski definition) is 1. The normalized spacial score (nSPS) is 20.9. The molecule has 0 heterocycles. The summed E-state index contributed by atoms with van der Waals surface area (Å²) < 4.78 is 26.3. The molecule has 0 amide bonds. The molecular weight excluding hydrogens is 208 g/mol. The third kappa shape index (κ3) is 2.67. The van der Waals surface area contributed by atoms with Crippen molar-refractivity contribution in [2.24, 2.45) is 5.73 Å². The van der Waals surface area contributed by atoms with Crippen molar-refractivity contribution in [3.8, 4) is 0 Å². The minimum absolute atomic E-state index is 0.259. The smallest absolute Gasteiger partial charge is 0.130 e. The third-order valence-electron chi connectivity index (χ3n) is 2.99. The Labute approximate surface area is 94.0 Å². The summed E-state index contributed by atoms with van der Waals surface area (Å²) in [5.41, 5.74) is 7.28. The summed E-state index contributed by atoms with van der Waals surface area (Å²) in [6.07, 6.45) is 5.39. The van der Waals surface area contributed by atoms with E-state index < -0.39 is 5.82 Å². The van der Waals surface area contributed by atoms with Gasteiger partial charge in [0.05, 0.1) is 0 Å². The maximum Gasteiger partial charge on any atom is 0.130 e. The molecule has 0 bridgehead atoms. The lowest BCUT2D eigenvalue weighted by Gasteiger charge is -2.20. The minimum atomic E-state index is -0.402. The van der Waals surface area contributed by atoms with E-state index in [0.717, 1.165) is 43.4 Å². The van der Waals surface area contributed by atoms with Gasteiger partial charge in [0.25, 0.3) is 0 Å². The zero-order valence-electron chi connectivity index (χ0n) is 9.05. The lowest BCUT2D eigenvalue weighted by Crippen LogP contribution is -2.23. The molecule has 0 aliphatic heterocycles. The molecule has 0 unspecified atom stereocenters. The second-order valence-electron chi connectivity index (χ2n) is 4.31. The van der Waals surface area contributed by atoms with Gasteiger partial charge in [-0.1, -0.05) is 11.6 Å². The molecule has 2 N–H and O–H groups in total. The molecule has 1 nitrogen and oxygen atoms in total. The molecule has 86 valence electrons. The van der Waals surface area contributed by atoms with E-state index in [4.69, 9.17) is 5.73 Å². The number of allylic oxidation sites excluding steroid dienone is 1. The van der Waals surface area contributed by atoms with Gasteiger partial charge in [0, 0.05) is 11.6 Å². The molecule has 1 aliphatic carbocycles. The molecule has 0 atom stereocenters. The Hall–Kier alpha value is -1.22. The van der Waals surface area contributed by atoms with Gasteiger partial charge < -0.3 is 5.73 Å². The van der Waals surface area contributed by atoms with Crippen LogP contribution in [0.25, 0.3) is 6.08 Å². The molecule has 0 spiro atoms. The maximum atomic E-state index is 13.4. The van der Waals surface area contributed by atoms with Crippen LogP contribution in [0.15, 0.2) is 23.8 Å². The fourth-order valence-corrected chi connectivity index (χ4v) is 2.00. The summed E-state index contributed by atoms with van der Waals surface area (Å²) in [6, 6.07) is 3.79. The number of hydrogen-bond donors (Lipinski definition) is 1. The first-order valence-electron chi connectivity index (χ1n) is 5.55. The van der Waals surface area contributed by atoms with Gasteiger partial charge in [-0.2, -0.15) is 0 Å². The Bertz CT molecular complexity index is 402. The van der Waals surface area contributed by atoms with Crippen molar-refractivity contribution >= 4 is 6.08 Å². The van der Waals surface area contributed by atoms with Crippen LogP contribution in [0, 0.1) is 11.6 Å². The fourth-order valence-electron chi connectivity index (χ4n) is 2.00. The van der Waals surface area contributed by atoms with E-state index in [-0.39, 0.29) is 11.9 Å². The lowest BCUT2D eigenvalue weighted by atomic mass is 9.90. The topological polar surface area (TPSA) is 26.0 Å². The number of benzene rings is 1. The molecule has 1 saturated carbocycles. The van der Waals surface area contributed by atoms with Crippen LogP contribution in [-0.4, -0.2) is 6.04 Å². The fraction of sp³-hybridized carbons (Fsp3) is 0.385. The van der Waals surface area contributed by atoms with E-state index in [1.807, 2.05) is 0 Å². The van der Waals surface area contributed by atoms with Crippen LogP contribution < -0.4 is 5.73 Å². The molecule has 1 aromatic carbocycles. The first-order chi connectivity index (χ1) is 7.65. The van der Waals surface area contributed by atoms with Gasteiger partial charge in [-0.25, -0.2) is 8.78 Å². The van der Waals surface area contributed by atoms with Crippen LogP contribution in [0.3, 0.4) is 0 Å². The second kappa shape index (κ2) is 4.74. The molecular formula is C13H15F2N. The highest BCUT2D eigenvalue weighted by atomic mass is 19.1. The standard InChI is InChI=1S/C13H15F2N/c14-11-3-6-13(15)10(8-11)7-9-1-4-12(16)5-2-9/h3,6-8,12H,1-2,4-5,16H2. The van der Waals surface area contributed by atoms with Crippen molar-refractivity contribution < 1.29 is 8.78 Å². The largest absolute Gasteiger partial charge is 0.328 e. The van der Waals surface area contributed by atoms with Crippen molar-refractivity contribution in [1.29, 1.82) is 0 Å². The van der Waals surface area contributed by atoms with Crippen molar-refractivity contribution in [1.82, 2.24) is 0 Å². The van der Waals surface area contributed by atoms with E-state index in [2.05, 4.69) is 0 Å². The highest BCUT2D eigenvalue weighted by Gasteiger charge is 2.13. The predicted molar refractivity (Wildman–Crippen MR) is 60.8 cm³/mol. The molecule has 1 fully saturated rings. The van der Waals surface area contributed by atoms with Gasteiger partial charge in [-0.15, -0.1) is 0 Å². The van der Waals surface area contributed by atoms with Crippen LogP contribution in [0.1, 0.15) is 31.2 Å². The average molecular weight is 223 g/mol. The highest BCUT2D eigenvalue weighted by Crippen LogP contribution is 2.25. The zero-order chi connectivity index (χ0) is 11.5. The van der Waals surface area contributed by atoms with Crippen LogP contribution >= 0.6 is 0 Å². The lowest BCUT2D eigenvalue weighted by molar-refractivity contribution is 0.513. The van der Waals surface area contributed by atoms with Crippen molar-refractivity contribution in [2.45, 2.75) is 31.7 Å². The molecule has 3 heteroatoms. The third-order valence-corrected chi connectivity index (χ3v) is 2.99. The summed E-state index contributed by atoms with van der Waals surface area (Å²) in [7, 11) is 0. The van der Waals surface area contributed by atoms with Crippen LogP contribution in [0.5, 0.6) is 0 Å². The van der Waals surface area contributed by atoms with E-state index in [9.17, 15) is 8.78 Å². The average Bonchev–Trinajstić information content (AvgIpc) is 2.27. The Morgan fingerprint density at radius 3 is 2.56 bits per heavy atom. The van der Waals surface area contributed by atoms with Gasteiger partial charge in [0.15, 0.2) is 0 Å². The summed E-state index contributed by atoms with van der Waals surface area (Å²) in [5, 5.41) is 0. The van der Waals surface area contributed by atoms with Gasteiger partial charge in [-0.05, 0) is 43.9 Å². The van der Waals surface area contributed by atoms with Gasteiger partial charge in [0.1, 0.15) is 11.6 Å². The SMILES string of the molecule is NC1CCC(=Cc2cc(F)ccc2F)CC1. The van der Waals surface area contributed by atoms with Gasteiger partial charge >= 0.3 is 0 Å². The minimum Gasteiger partial charge on any atom is -0.328 e. The molecule has 1 aromatic rings. The van der Waals surface area contributed by atoms with Gasteiger partial charge in [-0.3, -0.25) is 0 Å². The Morgan fingerprint density at radius 2 is 1.88 bits per heavy atom. The van der Waals surface area contributed by atoms with Crippen LogP contribution in [-0.2, 0) is 0 Å². The number of rotatable bonds is 1. The van der Waals surface area contributed by atoms with Crippen LogP contribution in [0.2, 0.25) is 0 Å². The highest BCUT2D eigenvalue weighted by molar-refractivity contribution is 5.53. The summed E-state index contributed by atoms with van der Waals surface area (Å²) in [6.45, 7) is 0. The van der Waals surface area contributed by atoms with E-state index in [1.54, 1.807) is 6.08 Å². The maximum absolute atomic E-state index is 13.4. The Balaban J connectivity index is 2.19. The number of halogens is 2. The number of nitrogens with two attached hydrogens (primary N) is 1. The quantitative estimate of drug-likeness (QED) is 0.777. The monoisotopic (exact) mass is 223 g/mol. The summed E-state index contributed by atoms with van der Waals surface area (Å²) >= 11 is 0. The van der Waals surface area contributed by atoms with Crippen LogP contribution in [0.4, 0.5) is 8.78 Å². The molecule has 1 aliphatic rings. The second-order valence-corrected chi connectivity index (χ2v) is 4.31. The Kier molecular flexibility index (Phi) is 3.34. The summed E-state index contributed by atoms with van der Waals surface area (Å²) in [5.74, 6) is -0.774. The zero-order valence-corrected chi connectivity index (χ0v) is 9.05.